The molecule has 3 atom stereocenters. The molecule has 0 saturated carbocycles. The van der Waals surface area contributed by atoms with Crippen molar-refractivity contribution >= 4 is 24.0 Å². The highest BCUT2D eigenvalue weighted by Crippen LogP contribution is 2.29. The summed E-state index contributed by atoms with van der Waals surface area (Å²) in [5, 5.41) is 3.45. The standard InChI is InChI=1S/C12H19ClN2.ClH/c1-10-9-15(8-7-14-10)11-5-3-4-6-12(11,2)13;/h3-6,10-11,14H,7-9H2,1-2H3;1H/t10-,11?,12?;/m1./s1. The van der Waals surface area contributed by atoms with Gasteiger partial charge in [-0.25, -0.2) is 0 Å². The molecule has 1 heterocycles. The van der Waals surface area contributed by atoms with Crippen LogP contribution in [-0.2, 0) is 0 Å². The molecule has 16 heavy (non-hydrogen) atoms. The van der Waals surface area contributed by atoms with Gasteiger partial charge in [-0.1, -0.05) is 24.3 Å². The molecule has 4 heteroatoms. The summed E-state index contributed by atoms with van der Waals surface area (Å²) in [7, 11) is 0. The fraction of sp³-hybridized carbons (Fsp3) is 0.667. The van der Waals surface area contributed by atoms with Crippen LogP contribution in [0.4, 0.5) is 0 Å². The van der Waals surface area contributed by atoms with Crippen molar-refractivity contribution in [1.82, 2.24) is 10.2 Å². The van der Waals surface area contributed by atoms with Crippen molar-refractivity contribution in [2.24, 2.45) is 0 Å². The van der Waals surface area contributed by atoms with Crippen molar-refractivity contribution in [2.45, 2.75) is 30.8 Å². The van der Waals surface area contributed by atoms with Crippen LogP contribution in [0.25, 0.3) is 0 Å². The third kappa shape index (κ3) is 3.01. The topological polar surface area (TPSA) is 15.3 Å². The number of nitrogens with one attached hydrogen (secondary N) is 1. The van der Waals surface area contributed by atoms with Crippen LogP contribution in [0.3, 0.4) is 0 Å². The van der Waals surface area contributed by atoms with Gasteiger partial charge < -0.3 is 5.32 Å². The maximum atomic E-state index is 6.52. The van der Waals surface area contributed by atoms with Crippen molar-refractivity contribution in [3.63, 3.8) is 0 Å². The third-order valence-electron chi connectivity index (χ3n) is 3.20. The van der Waals surface area contributed by atoms with E-state index < -0.39 is 0 Å². The smallest absolute Gasteiger partial charge is 0.0791 e. The average molecular weight is 263 g/mol. The Hall–Kier alpha value is -0.0200. The van der Waals surface area contributed by atoms with E-state index in [2.05, 4.69) is 42.3 Å². The Kier molecular flexibility index (Phi) is 4.87. The van der Waals surface area contributed by atoms with E-state index in [-0.39, 0.29) is 17.3 Å². The number of rotatable bonds is 1. The number of halogens is 2. The summed E-state index contributed by atoms with van der Waals surface area (Å²) in [6, 6.07) is 0.888. The maximum Gasteiger partial charge on any atom is 0.0791 e. The summed E-state index contributed by atoms with van der Waals surface area (Å²) in [5.41, 5.74) is 0. The van der Waals surface area contributed by atoms with Gasteiger partial charge in [-0.05, 0) is 13.8 Å². The fourth-order valence-electron chi connectivity index (χ4n) is 2.39. The minimum absolute atomic E-state index is 0. The second kappa shape index (κ2) is 5.54. The third-order valence-corrected chi connectivity index (χ3v) is 3.55. The molecule has 0 aromatic carbocycles. The number of allylic oxidation sites excluding steroid dienone is 2. The Bertz CT molecular complexity index is 287. The molecular weight excluding hydrogens is 243 g/mol. The molecule has 1 N–H and O–H groups in total. The number of hydrogen-bond donors (Lipinski definition) is 1. The van der Waals surface area contributed by atoms with Crippen molar-refractivity contribution in [2.75, 3.05) is 19.6 Å². The fourth-order valence-corrected chi connectivity index (χ4v) is 2.68. The zero-order valence-corrected chi connectivity index (χ0v) is 11.4. The van der Waals surface area contributed by atoms with Crippen LogP contribution in [0, 0.1) is 0 Å². The molecule has 1 saturated heterocycles. The number of piperazine rings is 1. The second-order valence-electron chi connectivity index (χ2n) is 4.69. The molecular formula is C12H20Cl2N2. The van der Waals surface area contributed by atoms with Gasteiger partial charge in [0.1, 0.15) is 0 Å². The van der Waals surface area contributed by atoms with Gasteiger partial charge in [-0.15, -0.1) is 24.0 Å². The van der Waals surface area contributed by atoms with Crippen LogP contribution in [0.15, 0.2) is 24.3 Å². The highest BCUT2D eigenvalue weighted by Gasteiger charge is 2.35. The number of hydrogen-bond acceptors (Lipinski definition) is 2. The van der Waals surface area contributed by atoms with Gasteiger partial charge >= 0.3 is 0 Å². The lowest BCUT2D eigenvalue weighted by atomic mass is 9.93. The molecule has 2 nitrogen and oxygen atoms in total. The van der Waals surface area contributed by atoms with Crippen LogP contribution >= 0.6 is 24.0 Å². The van der Waals surface area contributed by atoms with Crippen LogP contribution < -0.4 is 5.32 Å². The maximum absolute atomic E-state index is 6.52. The van der Waals surface area contributed by atoms with Gasteiger partial charge in [0.05, 0.1) is 10.9 Å². The highest BCUT2D eigenvalue weighted by molar-refractivity contribution is 6.25. The molecule has 1 fully saturated rings. The predicted molar refractivity (Wildman–Crippen MR) is 72.6 cm³/mol. The van der Waals surface area contributed by atoms with E-state index in [4.69, 9.17) is 11.6 Å². The Morgan fingerprint density at radius 1 is 1.44 bits per heavy atom. The number of alkyl halides is 1. The molecule has 1 aliphatic carbocycles. The first-order valence-electron chi connectivity index (χ1n) is 5.62. The molecule has 2 aliphatic rings. The van der Waals surface area contributed by atoms with Crippen LogP contribution in [0.5, 0.6) is 0 Å². The largest absolute Gasteiger partial charge is 0.312 e. The normalized spacial score (nSPS) is 39.4. The first-order chi connectivity index (χ1) is 7.09. The summed E-state index contributed by atoms with van der Waals surface area (Å²) in [5.74, 6) is 0. The van der Waals surface area contributed by atoms with Crippen LogP contribution in [0.1, 0.15) is 13.8 Å². The quantitative estimate of drug-likeness (QED) is 0.730. The van der Waals surface area contributed by atoms with Gasteiger partial charge in [-0.2, -0.15) is 0 Å². The molecule has 0 spiro atoms. The summed E-state index contributed by atoms with van der Waals surface area (Å²) in [6.45, 7) is 7.52. The van der Waals surface area contributed by atoms with Crippen molar-refractivity contribution in [3.8, 4) is 0 Å². The zero-order chi connectivity index (χ0) is 10.9. The van der Waals surface area contributed by atoms with Crippen LogP contribution in [0.2, 0.25) is 0 Å². The molecule has 0 bridgehead atoms. The molecule has 0 aromatic heterocycles. The lowest BCUT2D eigenvalue weighted by Gasteiger charge is -2.42. The van der Waals surface area contributed by atoms with E-state index in [1.165, 1.54) is 0 Å². The SMILES string of the molecule is C[C@@H]1CN(C2C=CC=CC2(C)Cl)CCN1.Cl. The lowest BCUT2D eigenvalue weighted by molar-refractivity contribution is 0.158. The summed E-state index contributed by atoms with van der Waals surface area (Å²) in [6.07, 6.45) is 8.44. The zero-order valence-electron chi connectivity index (χ0n) is 9.82. The van der Waals surface area contributed by atoms with Gasteiger partial charge in [0.25, 0.3) is 0 Å². The van der Waals surface area contributed by atoms with E-state index in [1.54, 1.807) is 0 Å². The van der Waals surface area contributed by atoms with E-state index in [0.717, 1.165) is 19.6 Å². The molecule has 1 aliphatic heterocycles. The Labute approximate surface area is 109 Å². The van der Waals surface area contributed by atoms with Gasteiger partial charge in [0, 0.05) is 25.7 Å². The van der Waals surface area contributed by atoms with Crippen molar-refractivity contribution in [1.29, 1.82) is 0 Å². The van der Waals surface area contributed by atoms with Gasteiger partial charge in [-0.3, -0.25) is 4.90 Å². The van der Waals surface area contributed by atoms with Gasteiger partial charge in [0.2, 0.25) is 0 Å². The van der Waals surface area contributed by atoms with E-state index in [0.29, 0.717) is 12.1 Å². The first-order valence-corrected chi connectivity index (χ1v) is 6.00. The molecule has 2 rings (SSSR count). The van der Waals surface area contributed by atoms with E-state index >= 15 is 0 Å². The molecule has 2 unspecified atom stereocenters. The molecule has 92 valence electrons. The second-order valence-corrected chi connectivity index (χ2v) is 5.50. The Morgan fingerprint density at radius 2 is 2.19 bits per heavy atom. The highest BCUT2D eigenvalue weighted by atomic mass is 35.5. The van der Waals surface area contributed by atoms with E-state index in [1.807, 2.05) is 6.08 Å². The summed E-state index contributed by atoms with van der Waals surface area (Å²) in [4.78, 5) is 2.21. The molecule has 0 aromatic rings. The lowest BCUT2D eigenvalue weighted by Crippen LogP contribution is -2.57. The minimum atomic E-state index is -0.258. The van der Waals surface area contributed by atoms with Crippen molar-refractivity contribution < 1.29 is 0 Å². The molecule has 0 radical (unpaired) electrons. The average Bonchev–Trinajstić information content (AvgIpc) is 2.17. The van der Waals surface area contributed by atoms with Crippen molar-refractivity contribution in [3.05, 3.63) is 24.3 Å². The summed E-state index contributed by atoms with van der Waals surface area (Å²) >= 11 is 6.52. The summed E-state index contributed by atoms with van der Waals surface area (Å²) < 4.78 is 0. The minimum Gasteiger partial charge on any atom is -0.312 e. The monoisotopic (exact) mass is 262 g/mol. The molecule has 0 amide bonds. The number of nitrogens with zero attached hydrogens (tertiary/aromatic N) is 1. The van der Waals surface area contributed by atoms with Crippen LogP contribution in [-0.4, -0.2) is 41.5 Å². The Balaban J connectivity index is 0.00000128. The Morgan fingerprint density at radius 3 is 2.81 bits per heavy atom. The predicted octanol–water partition coefficient (Wildman–Crippen LogP) is 2.19. The first kappa shape index (κ1) is 14.0. The van der Waals surface area contributed by atoms with Gasteiger partial charge in [0.15, 0.2) is 0 Å². The van der Waals surface area contributed by atoms with E-state index in [9.17, 15) is 0 Å².